The van der Waals surface area contributed by atoms with Crippen molar-refractivity contribution in [2.75, 3.05) is 0 Å². The second-order valence-corrected chi connectivity index (χ2v) is 6.60. The van der Waals surface area contributed by atoms with E-state index in [1.54, 1.807) is 30.5 Å². The lowest BCUT2D eigenvalue weighted by molar-refractivity contribution is 0.0631. The molecule has 28 heavy (non-hydrogen) atoms. The number of hydrogen-bond donors (Lipinski definition) is 1. The molecule has 1 aromatic carbocycles. The first-order valence-corrected chi connectivity index (χ1v) is 8.82. The quantitative estimate of drug-likeness (QED) is 0.529. The Morgan fingerprint density at radius 1 is 1.11 bits per heavy atom. The second kappa shape index (κ2) is 7.28. The third-order valence-electron chi connectivity index (χ3n) is 4.37. The molecule has 3 amide bonds. The van der Waals surface area contributed by atoms with Crippen LogP contribution in [0, 0.1) is 0 Å². The van der Waals surface area contributed by atoms with E-state index >= 15 is 0 Å². The fourth-order valence-corrected chi connectivity index (χ4v) is 3.04. The number of furan rings is 1. The first kappa shape index (κ1) is 17.9. The minimum absolute atomic E-state index is 0.0461. The van der Waals surface area contributed by atoms with E-state index in [1.807, 2.05) is 0 Å². The van der Waals surface area contributed by atoms with Crippen molar-refractivity contribution < 1.29 is 18.8 Å². The Labute approximate surface area is 164 Å². The van der Waals surface area contributed by atoms with E-state index in [9.17, 15) is 14.4 Å². The van der Waals surface area contributed by atoms with Gasteiger partial charge in [0.2, 0.25) is 0 Å². The van der Waals surface area contributed by atoms with Crippen LogP contribution >= 0.6 is 11.6 Å². The zero-order chi connectivity index (χ0) is 19.7. The molecule has 0 saturated heterocycles. The Hall–Kier alpha value is -3.45. The number of aromatic nitrogens is 1. The number of halogens is 1. The van der Waals surface area contributed by atoms with Gasteiger partial charge in [-0.1, -0.05) is 17.7 Å². The highest BCUT2D eigenvalue weighted by Crippen LogP contribution is 2.25. The molecule has 3 heterocycles. The molecule has 4 rings (SSSR count). The predicted octanol–water partition coefficient (Wildman–Crippen LogP) is 3.05. The topological polar surface area (TPSA) is 92.5 Å². The molecule has 0 fully saturated rings. The van der Waals surface area contributed by atoms with Crippen LogP contribution in [-0.2, 0) is 13.1 Å². The van der Waals surface area contributed by atoms with Crippen LogP contribution in [0.2, 0.25) is 5.15 Å². The number of nitrogens with zero attached hydrogens (tertiary/aromatic N) is 2. The average molecular weight is 396 g/mol. The maximum Gasteiger partial charge on any atom is 0.261 e. The molecule has 3 aromatic rings. The smallest absolute Gasteiger partial charge is 0.261 e. The van der Waals surface area contributed by atoms with Gasteiger partial charge >= 0.3 is 0 Å². The molecule has 0 unspecified atom stereocenters. The molecule has 0 saturated carbocycles. The summed E-state index contributed by atoms with van der Waals surface area (Å²) in [6.45, 7) is 0.308. The summed E-state index contributed by atoms with van der Waals surface area (Å²) >= 11 is 5.74. The molecule has 2 aromatic heterocycles. The SMILES string of the molecule is O=C(NCc1ccc(Cl)nc1)c1ccc2c(c1)C(=O)N(Cc1ccco1)C2=O. The Morgan fingerprint density at radius 3 is 2.64 bits per heavy atom. The lowest BCUT2D eigenvalue weighted by atomic mass is 10.1. The molecule has 0 radical (unpaired) electrons. The van der Waals surface area contributed by atoms with Gasteiger partial charge in [0.15, 0.2) is 0 Å². The molecule has 8 heteroatoms. The number of benzene rings is 1. The van der Waals surface area contributed by atoms with E-state index in [2.05, 4.69) is 10.3 Å². The van der Waals surface area contributed by atoms with E-state index in [-0.39, 0.29) is 30.1 Å². The van der Waals surface area contributed by atoms with Gasteiger partial charge in [0.25, 0.3) is 17.7 Å². The van der Waals surface area contributed by atoms with Crippen LogP contribution < -0.4 is 5.32 Å². The first-order valence-electron chi connectivity index (χ1n) is 8.44. The van der Waals surface area contributed by atoms with Crippen molar-refractivity contribution in [3.05, 3.63) is 88.1 Å². The number of rotatable bonds is 5. The number of nitrogens with one attached hydrogen (secondary N) is 1. The van der Waals surface area contributed by atoms with Gasteiger partial charge < -0.3 is 9.73 Å². The number of amides is 3. The molecule has 1 N–H and O–H groups in total. The molecule has 0 spiro atoms. The van der Waals surface area contributed by atoms with Gasteiger partial charge in [0, 0.05) is 18.3 Å². The van der Waals surface area contributed by atoms with Gasteiger partial charge in [-0.25, -0.2) is 4.98 Å². The van der Waals surface area contributed by atoms with Gasteiger partial charge in [-0.15, -0.1) is 0 Å². The second-order valence-electron chi connectivity index (χ2n) is 6.21. The maximum absolute atomic E-state index is 12.6. The molecule has 0 aliphatic carbocycles. The minimum Gasteiger partial charge on any atom is -0.467 e. The lowest BCUT2D eigenvalue weighted by Gasteiger charge is -2.11. The van der Waals surface area contributed by atoms with E-state index in [0.717, 1.165) is 10.5 Å². The highest BCUT2D eigenvalue weighted by molar-refractivity contribution is 6.29. The van der Waals surface area contributed by atoms with Crippen molar-refractivity contribution in [3.8, 4) is 0 Å². The molecular formula is C20H14ClN3O4. The molecule has 0 atom stereocenters. The molecule has 7 nitrogen and oxygen atoms in total. The summed E-state index contributed by atoms with van der Waals surface area (Å²) in [6.07, 6.45) is 3.05. The summed E-state index contributed by atoms with van der Waals surface area (Å²) in [6, 6.07) is 11.2. The van der Waals surface area contributed by atoms with Crippen molar-refractivity contribution in [1.29, 1.82) is 0 Å². The number of imide groups is 1. The van der Waals surface area contributed by atoms with Gasteiger partial charge in [0.05, 0.1) is 23.9 Å². The number of fused-ring (bicyclic) bond motifs is 1. The van der Waals surface area contributed by atoms with Crippen molar-refractivity contribution in [3.63, 3.8) is 0 Å². The summed E-state index contributed by atoms with van der Waals surface area (Å²) in [5.41, 5.74) is 1.56. The minimum atomic E-state index is -0.451. The van der Waals surface area contributed by atoms with Crippen LogP contribution in [0.25, 0.3) is 0 Å². The van der Waals surface area contributed by atoms with Crippen LogP contribution in [0.5, 0.6) is 0 Å². The fraction of sp³-hybridized carbons (Fsp3) is 0.100. The number of carbonyl (C=O) groups excluding carboxylic acids is 3. The van der Waals surface area contributed by atoms with E-state index in [1.165, 1.54) is 24.5 Å². The predicted molar refractivity (Wildman–Crippen MR) is 99.8 cm³/mol. The highest BCUT2D eigenvalue weighted by atomic mass is 35.5. The average Bonchev–Trinajstić information content (AvgIpc) is 3.30. The summed E-state index contributed by atoms with van der Waals surface area (Å²) in [4.78, 5) is 42.6. The number of carbonyl (C=O) groups is 3. The zero-order valence-electron chi connectivity index (χ0n) is 14.5. The monoisotopic (exact) mass is 395 g/mol. The Morgan fingerprint density at radius 2 is 1.93 bits per heavy atom. The Balaban J connectivity index is 1.49. The summed E-state index contributed by atoms with van der Waals surface area (Å²) in [7, 11) is 0. The third kappa shape index (κ3) is 3.39. The van der Waals surface area contributed by atoms with Crippen molar-refractivity contribution in [1.82, 2.24) is 15.2 Å². The van der Waals surface area contributed by atoms with Gasteiger partial charge in [-0.2, -0.15) is 0 Å². The van der Waals surface area contributed by atoms with E-state index < -0.39 is 11.8 Å². The van der Waals surface area contributed by atoms with Crippen LogP contribution in [0.1, 0.15) is 42.4 Å². The van der Waals surface area contributed by atoms with Gasteiger partial charge in [-0.3, -0.25) is 19.3 Å². The first-order chi connectivity index (χ1) is 13.5. The lowest BCUT2D eigenvalue weighted by Crippen LogP contribution is -2.28. The maximum atomic E-state index is 12.6. The zero-order valence-corrected chi connectivity index (χ0v) is 15.3. The van der Waals surface area contributed by atoms with Crippen LogP contribution in [-0.4, -0.2) is 27.6 Å². The van der Waals surface area contributed by atoms with Crippen molar-refractivity contribution in [2.45, 2.75) is 13.1 Å². The normalized spacial score (nSPS) is 13.0. The summed E-state index contributed by atoms with van der Waals surface area (Å²) in [5.74, 6) is -0.713. The van der Waals surface area contributed by atoms with E-state index in [0.29, 0.717) is 16.5 Å². The largest absolute Gasteiger partial charge is 0.467 e. The molecule has 1 aliphatic rings. The van der Waals surface area contributed by atoms with Crippen LogP contribution in [0.3, 0.4) is 0 Å². The number of hydrogen-bond acceptors (Lipinski definition) is 5. The third-order valence-corrected chi connectivity index (χ3v) is 4.59. The van der Waals surface area contributed by atoms with Crippen molar-refractivity contribution >= 4 is 29.3 Å². The Kier molecular flexibility index (Phi) is 4.67. The van der Waals surface area contributed by atoms with E-state index in [4.69, 9.17) is 16.0 Å². The summed E-state index contributed by atoms with van der Waals surface area (Å²) in [5, 5.41) is 3.12. The van der Waals surface area contributed by atoms with Crippen LogP contribution in [0.4, 0.5) is 0 Å². The highest BCUT2D eigenvalue weighted by Gasteiger charge is 2.36. The van der Waals surface area contributed by atoms with Crippen molar-refractivity contribution in [2.24, 2.45) is 0 Å². The Bertz CT molecular complexity index is 1060. The molecular weight excluding hydrogens is 382 g/mol. The molecule has 0 bridgehead atoms. The molecule has 1 aliphatic heterocycles. The standard InChI is InChI=1S/C20H14ClN3O4/c21-17-6-3-12(9-22-17)10-23-18(25)13-4-5-15-16(8-13)20(27)24(19(15)26)11-14-2-1-7-28-14/h1-9H,10-11H2,(H,23,25). The van der Waals surface area contributed by atoms with Crippen LogP contribution in [0.15, 0.2) is 59.3 Å². The number of pyridine rings is 1. The van der Waals surface area contributed by atoms with Gasteiger partial charge in [0.1, 0.15) is 10.9 Å². The fourth-order valence-electron chi connectivity index (χ4n) is 2.93. The van der Waals surface area contributed by atoms with Gasteiger partial charge in [-0.05, 0) is 42.0 Å². The molecule has 140 valence electrons. The summed E-state index contributed by atoms with van der Waals surface area (Å²) < 4.78 is 5.21.